The van der Waals surface area contributed by atoms with Gasteiger partial charge in [0.25, 0.3) is 0 Å². The molecular formula is C20H18BrNO. The van der Waals surface area contributed by atoms with E-state index in [0.29, 0.717) is 12.2 Å². The average molecular weight is 368 g/mol. The van der Waals surface area contributed by atoms with E-state index in [2.05, 4.69) is 64.3 Å². The number of allylic oxidation sites excluding steroid dienone is 2. The molecule has 0 radical (unpaired) electrons. The summed E-state index contributed by atoms with van der Waals surface area (Å²) in [5.41, 5.74) is 5.82. The summed E-state index contributed by atoms with van der Waals surface area (Å²) in [5, 5.41) is 0. The molecular weight excluding hydrogens is 350 g/mol. The number of hydrogen-bond donors (Lipinski definition) is 0. The van der Waals surface area contributed by atoms with Crippen LogP contribution in [0.15, 0.2) is 64.3 Å². The summed E-state index contributed by atoms with van der Waals surface area (Å²) in [6.07, 6.45) is 2.60. The molecule has 1 aliphatic heterocycles. The molecule has 0 bridgehead atoms. The molecule has 2 nitrogen and oxygen atoms in total. The first-order valence-electron chi connectivity index (χ1n) is 8.01. The predicted octanol–water partition coefficient (Wildman–Crippen LogP) is 5.04. The van der Waals surface area contributed by atoms with Gasteiger partial charge in [-0.1, -0.05) is 46.3 Å². The van der Waals surface area contributed by atoms with Crippen LogP contribution in [-0.4, -0.2) is 12.8 Å². The molecule has 0 aromatic heterocycles. The highest BCUT2D eigenvalue weighted by atomic mass is 79.9. The fraction of sp³-hybridized carbons (Fsp3) is 0.250. The van der Waals surface area contributed by atoms with Crippen molar-refractivity contribution in [1.29, 1.82) is 0 Å². The Morgan fingerprint density at radius 3 is 2.74 bits per heavy atom. The van der Waals surface area contributed by atoms with Crippen molar-refractivity contribution in [3.8, 4) is 0 Å². The van der Waals surface area contributed by atoms with Gasteiger partial charge in [0.2, 0.25) is 0 Å². The topological polar surface area (TPSA) is 20.3 Å². The summed E-state index contributed by atoms with van der Waals surface area (Å²) in [6.45, 7) is 0. The first kappa shape index (κ1) is 14.7. The summed E-state index contributed by atoms with van der Waals surface area (Å²) in [4.78, 5) is 15.0. The minimum Gasteiger partial charge on any atom is -0.347 e. The number of hydrogen-bond acceptors (Lipinski definition) is 2. The Morgan fingerprint density at radius 2 is 1.91 bits per heavy atom. The largest absolute Gasteiger partial charge is 0.347 e. The summed E-state index contributed by atoms with van der Waals surface area (Å²) in [5.74, 6) is 0.347. The highest BCUT2D eigenvalue weighted by molar-refractivity contribution is 9.10. The van der Waals surface area contributed by atoms with Crippen LogP contribution in [0.3, 0.4) is 0 Å². The van der Waals surface area contributed by atoms with Gasteiger partial charge in [0.1, 0.15) is 0 Å². The van der Waals surface area contributed by atoms with Crippen molar-refractivity contribution in [3.63, 3.8) is 0 Å². The standard InChI is InChI=1S/C20H18BrNO/c1-22-16-9-3-2-8-15(16)19(13-6-4-7-14(21)12-13)20-17(22)10-5-11-18(20)23/h2-4,6-9,12,19H,5,10-11H2,1H3. The molecule has 0 spiro atoms. The number of benzene rings is 2. The van der Waals surface area contributed by atoms with Crippen LogP contribution in [0, 0.1) is 0 Å². The minimum absolute atomic E-state index is 0.0442. The van der Waals surface area contributed by atoms with Crippen molar-refractivity contribution < 1.29 is 4.79 Å². The maximum absolute atomic E-state index is 12.8. The maximum atomic E-state index is 12.8. The fourth-order valence-corrected chi connectivity index (χ4v) is 4.31. The minimum atomic E-state index is 0.0442. The second kappa shape index (κ2) is 5.64. The first-order valence-corrected chi connectivity index (χ1v) is 8.80. The van der Waals surface area contributed by atoms with E-state index in [1.165, 1.54) is 22.5 Å². The monoisotopic (exact) mass is 367 g/mol. The molecule has 23 heavy (non-hydrogen) atoms. The van der Waals surface area contributed by atoms with Gasteiger partial charge in [-0.3, -0.25) is 4.79 Å². The number of carbonyl (C=O) groups is 1. The second-order valence-electron chi connectivity index (χ2n) is 6.24. The Hall–Kier alpha value is -1.87. The molecule has 1 atom stereocenters. The van der Waals surface area contributed by atoms with Crippen molar-refractivity contribution in [1.82, 2.24) is 0 Å². The highest BCUT2D eigenvalue weighted by Crippen LogP contribution is 2.47. The third kappa shape index (κ3) is 2.34. The molecule has 2 aromatic rings. The van der Waals surface area contributed by atoms with Gasteiger partial charge in [-0.15, -0.1) is 0 Å². The summed E-state index contributed by atoms with van der Waals surface area (Å²) in [6, 6.07) is 16.8. The molecule has 1 heterocycles. The number of rotatable bonds is 1. The molecule has 1 aliphatic carbocycles. The molecule has 0 N–H and O–H groups in total. The third-order valence-electron chi connectivity index (χ3n) is 4.91. The van der Waals surface area contributed by atoms with Crippen LogP contribution in [0.2, 0.25) is 0 Å². The van der Waals surface area contributed by atoms with E-state index < -0.39 is 0 Å². The van der Waals surface area contributed by atoms with E-state index in [1.54, 1.807) is 0 Å². The Kier molecular flexibility index (Phi) is 3.61. The van der Waals surface area contributed by atoms with Crippen LogP contribution < -0.4 is 4.90 Å². The van der Waals surface area contributed by atoms with Crippen molar-refractivity contribution in [2.75, 3.05) is 11.9 Å². The number of carbonyl (C=O) groups excluding carboxylic acids is 1. The molecule has 0 amide bonds. The number of para-hydroxylation sites is 1. The second-order valence-corrected chi connectivity index (χ2v) is 7.16. The number of halogens is 1. The predicted molar refractivity (Wildman–Crippen MR) is 96.7 cm³/mol. The molecule has 2 aromatic carbocycles. The zero-order valence-electron chi connectivity index (χ0n) is 13.1. The lowest BCUT2D eigenvalue weighted by Gasteiger charge is -2.39. The van der Waals surface area contributed by atoms with Crippen LogP contribution in [0.4, 0.5) is 5.69 Å². The van der Waals surface area contributed by atoms with E-state index in [4.69, 9.17) is 0 Å². The van der Waals surface area contributed by atoms with Crippen LogP contribution in [0.1, 0.15) is 36.3 Å². The SMILES string of the molecule is CN1C2=C(C(=O)CCC2)C(c2cccc(Br)c2)c2ccccc21. The van der Waals surface area contributed by atoms with Gasteiger partial charge < -0.3 is 4.90 Å². The average Bonchev–Trinajstić information content (AvgIpc) is 2.56. The molecule has 2 aliphatic rings. The first-order chi connectivity index (χ1) is 11.2. The fourth-order valence-electron chi connectivity index (χ4n) is 3.89. The normalized spacial score (nSPS) is 20.3. The smallest absolute Gasteiger partial charge is 0.161 e. The van der Waals surface area contributed by atoms with Gasteiger partial charge in [-0.05, 0) is 42.2 Å². The quantitative estimate of drug-likeness (QED) is 0.703. The Morgan fingerprint density at radius 1 is 1.09 bits per heavy atom. The third-order valence-corrected chi connectivity index (χ3v) is 5.41. The number of anilines is 1. The summed E-state index contributed by atoms with van der Waals surface area (Å²) < 4.78 is 1.05. The number of fused-ring (bicyclic) bond motifs is 1. The van der Waals surface area contributed by atoms with Crippen LogP contribution in [-0.2, 0) is 4.79 Å². The van der Waals surface area contributed by atoms with Crippen LogP contribution >= 0.6 is 15.9 Å². The van der Waals surface area contributed by atoms with E-state index in [-0.39, 0.29) is 5.92 Å². The molecule has 3 heteroatoms. The van der Waals surface area contributed by atoms with E-state index in [1.807, 2.05) is 12.1 Å². The Labute approximate surface area is 144 Å². The van der Waals surface area contributed by atoms with E-state index in [0.717, 1.165) is 22.9 Å². The maximum Gasteiger partial charge on any atom is 0.161 e. The van der Waals surface area contributed by atoms with E-state index >= 15 is 0 Å². The summed E-state index contributed by atoms with van der Waals surface area (Å²) in [7, 11) is 2.09. The molecule has 0 saturated carbocycles. The van der Waals surface area contributed by atoms with Gasteiger partial charge in [0.05, 0.1) is 0 Å². The summed E-state index contributed by atoms with van der Waals surface area (Å²) >= 11 is 3.57. The Balaban J connectivity index is 1.99. The van der Waals surface area contributed by atoms with Gasteiger partial charge in [0, 0.05) is 40.8 Å². The van der Waals surface area contributed by atoms with Crippen molar-refractivity contribution in [2.24, 2.45) is 0 Å². The van der Waals surface area contributed by atoms with Gasteiger partial charge in [-0.25, -0.2) is 0 Å². The van der Waals surface area contributed by atoms with Crippen molar-refractivity contribution >= 4 is 27.4 Å². The molecule has 116 valence electrons. The van der Waals surface area contributed by atoms with Gasteiger partial charge >= 0.3 is 0 Å². The van der Waals surface area contributed by atoms with Gasteiger partial charge in [-0.2, -0.15) is 0 Å². The van der Waals surface area contributed by atoms with Crippen LogP contribution in [0.25, 0.3) is 0 Å². The number of Topliss-reactive ketones (excluding diaryl/α,β-unsaturated/α-hetero) is 1. The van der Waals surface area contributed by atoms with E-state index in [9.17, 15) is 4.79 Å². The lowest BCUT2D eigenvalue weighted by atomic mass is 9.75. The lowest BCUT2D eigenvalue weighted by Crippen LogP contribution is -2.32. The molecule has 0 saturated heterocycles. The highest BCUT2D eigenvalue weighted by Gasteiger charge is 2.37. The van der Waals surface area contributed by atoms with Crippen molar-refractivity contribution in [2.45, 2.75) is 25.2 Å². The zero-order chi connectivity index (χ0) is 16.0. The van der Waals surface area contributed by atoms with Crippen LogP contribution in [0.5, 0.6) is 0 Å². The van der Waals surface area contributed by atoms with Crippen molar-refractivity contribution in [3.05, 3.63) is 75.4 Å². The lowest BCUT2D eigenvalue weighted by molar-refractivity contribution is -0.116. The molecule has 4 rings (SSSR count). The zero-order valence-corrected chi connectivity index (χ0v) is 14.6. The number of ketones is 1. The molecule has 0 fully saturated rings. The number of nitrogens with zero attached hydrogens (tertiary/aromatic N) is 1. The Bertz CT molecular complexity index is 824. The molecule has 1 unspecified atom stereocenters. The van der Waals surface area contributed by atoms with Gasteiger partial charge in [0.15, 0.2) is 5.78 Å².